The van der Waals surface area contributed by atoms with E-state index in [-0.39, 0.29) is 0 Å². The van der Waals surface area contributed by atoms with Gasteiger partial charge in [-0.05, 0) is 36.3 Å². The van der Waals surface area contributed by atoms with Crippen molar-refractivity contribution in [1.29, 1.82) is 0 Å². The van der Waals surface area contributed by atoms with Crippen LogP contribution in [0.2, 0.25) is 0 Å². The number of rotatable bonds is 3. The molecule has 1 aromatic heterocycles. The SMILES string of the molecule is COC1CN(c2noc(C3CC4CCC(C4)C3)n2)C1. The average molecular weight is 263 g/mol. The van der Waals surface area contributed by atoms with Gasteiger partial charge in [-0.3, -0.25) is 0 Å². The molecule has 2 atom stereocenters. The summed E-state index contributed by atoms with van der Waals surface area (Å²) >= 11 is 0. The van der Waals surface area contributed by atoms with Crippen LogP contribution in [0.3, 0.4) is 0 Å². The molecule has 0 radical (unpaired) electrons. The molecule has 2 saturated carbocycles. The first kappa shape index (κ1) is 11.7. The second kappa shape index (κ2) is 4.47. The zero-order valence-corrected chi connectivity index (χ0v) is 11.4. The first-order chi connectivity index (χ1) is 9.31. The fourth-order valence-electron chi connectivity index (χ4n) is 3.98. The summed E-state index contributed by atoms with van der Waals surface area (Å²) < 4.78 is 10.8. The van der Waals surface area contributed by atoms with Crippen molar-refractivity contribution in [1.82, 2.24) is 10.1 Å². The molecule has 2 unspecified atom stereocenters. The maximum atomic E-state index is 5.51. The molecule has 4 rings (SSSR count). The van der Waals surface area contributed by atoms with Gasteiger partial charge >= 0.3 is 0 Å². The third-order valence-electron chi connectivity index (χ3n) is 5.13. The molecule has 0 spiro atoms. The van der Waals surface area contributed by atoms with Gasteiger partial charge in [0.1, 0.15) is 0 Å². The molecule has 0 aromatic carbocycles. The van der Waals surface area contributed by atoms with E-state index in [0.29, 0.717) is 12.0 Å². The molecule has 0 N–H and O–H groups in total. The summed E-state index contributed by atoms with van der Waals surface area (Å²) in [6, 6.07) is 0. The van der Waals surface area contributed by atoms with E-state index in [1.165, 1.54) is 32.1 Å². The Kier molecular flexibility index (Phi) is 2.76. The predicted octanol–water partition coefficient (Wildman–Crippen LogP) is 2.20. The third kappa shape index (κ3) is 2.04. The van der Waals surface area contributed by atoms with Crippen molar-refractivity contribution in [2.75, 3.05) is 25.1 Å². The molecule has 2 heterocycles. The van der Waals surface area contributed by atoms with E-state index >= 15 is 0 Å². The van der Waals surface area contributed by atoms with Gasteiger partial charge in [-0.15, -0.1) is 0 Å². The van der Waals surface area contributed by atoms with E-state index in [1.807, 2.05) is 0 Å². The lowest BCUT2D eigenvalue weighted by atomic mass is 9.81. The number of hydrogen-bond acceptors (Lipinski definition) is 5. The second-order valence-electron chi connectivity index (χ2n) is 6.41. The van der Waals surface area contributed by atoms with E-state index in [4.69, 9.17) is 9.26 Å². The van der Waals surface area contributed by atoms with Crippen molar-refractivity contribution in [3.63, 3.8) is 0 Å². The minimum absolute atomic E-state index is 0.326. The molecule has 2 bridgehead atoms. The van der Waals surface area contributed by atoms with Crippen molar-refractivity contribution in [2.24, 2.45) is 11.8 Å². The fraction of sp³-hybridized carbons (Fsp3) is 0.857. The van der Waals surface area contributed by atoms with E-state index in [9.17, 15) is 0 Å². The van der Waals surface area contributed by atoms with Crippen molar-refractivity contribution in [2.45, 2.75) is 44.1 Å². The molecular weight excluding hydrogens is 242 g/mol. The third-order valence-corrected chi connectivity index (χ3v) is 5.13. The standard InChI is InChI=1S/C14H21N3O2/c1-18-12-7-17(8-12)14-15-13(19-16-14)11-5-9-2-3-10(4-9)6-11/h9-12H,2-8H2,1H3. The number of anilines is 1. The first-order valence-corrected chi connectivity index (χ1v) is 7.43. The lowest BCUT2D eigenvalue weighted by Gasteiger charge is -2.36. The highest BCUT2D eigenvalue weighted by atomic mass is 16.5. The summed E-state index contributed by atoms with van der Waals surface area (Å²) in [7, 11) is 1.75. The van der Waals surface area contributed by atoms with Crippen LogP contribution in [-0.2, 0) is 4.74 Å². The fourth-order valence-corrected chi connectivity index (χ4v) is 3.98. The van der Waals surface area contributed by atoms with Gasteiger partial charge < -0.3 is 14.2 Å². The van der Waals surface area contributed by atoms with Crippen LogP contribution in [0.4, 0.5) is 5.95 Å². The zero-order valence-electron chi connectivity index (χ0n) is 11.4. The summed E-state index contributed by atoms with van der Waals surface area (Å²) in [5.41, 5.74) is 0. The molecule has 1 saturated heterocycles. The molecule has 1 aliphatic heterocycles. The quantitative estimate of drug-likeness (QED) is 0.836. The number of hydrogen-bond donors (Lipinski definition) is 0. The minimum atomic E-state index is 0.326. The second-order valence-corrected chi connectivity index (χ2v) is 6.41. The van der Waals surface area contributed by atoms with Gasteiger partial charge in [-0.2, -0.15) is 4.98 Å². The van der Waals surface area contributed by atoms with Gasteiger partial charge in [0.05, 0.1) is 6.10 Å². The smallest absolute Gasteiger partial charge is 0.266 e. The maximum Gasteiger partial charge on any atom is 0.266 e. The summed E-state index contributed by atoms with van der Waals surface area (Å²) in [6.45, 7) is 1.76. The topological polar surface area (TPSA) is 51.4 Å². The van der Waals surface area contributed by atoms with Gasteiger partial charge in [-0.1, -0.05) is 12.8 Å². The summed E-state index contributed by atoms with van der Waals surface area (Å²) in [5.74, 6) is 3.93. The van der Waals surface area contributed by atoms with Crippen LogP contribution >= 0.6 is 0 Å². The molecule has 19 heavy (non-hydrogen) atoms. The zero-order chi connectivity index (χ0) is 12.8. The summed E-state index contributed by atoms with van der Waals surface area (Å²) in [6.07, 6.45) is 7.07. The highest BCUT2D eigenvalue weighted by Gasteiger charge is 2.38. The largest absolute Gasteiger partial charge is 0.378 e. The Morgan fingerprint density at radius 3 is 2.58 bits per heavy atom. The van der Waals surface area contributed by atoms with Gasteiger partial charge in [-0.25, -0.2) is 0 Å². The lowest BCUT2D eigenvalue weighted by molar-refractivity contribution is 0.0775. The molecule has 104 valence electrons. The molecule has 5 nitrogen and oxygen atoms in total. The van der Waals surface area contributed by atoms with E-state index < -0.39 is 0 Å². The maximum absolute atomic E-state index is 5.51. The van der Waals surface area contributed by atoms with Crippen molar-refractivity contribution in [3.8, 4) is 0 Å². The highest BCUT2D eigenvalue weighted by Crippen LogP contribution is 2.48. The molecular formula is C14H21N3O2. The van der Waals surface area contributed by atoms with Gasteiger partial charge in [0.15, 0.2) is 0 Å². The van der Waals surface area contributed by atoms with E-state index in [1.54, 1.807) is 7.11 Å². The van der Waals surface area contributed by atoms with Crippen molar-refractivity contribution in [3.05, 3.63) is 5.89 Å². The van der Waals surface area contributed by atoms with Crippen LogP contribution in [0, 0.1) is 11.8 Å². The summed E-state index contributed by atoms with van der Waals surface area (Å²) in [5, 5.41) is 4.14. The number of aromatic nitrogens is 2. The molecule has 3 fully saturated rings. The van der Waals surface area contributed by atoms with Crippen LogP contribution in [0.5, 0.6) is 0 Å². The van der Waals surface area contributed by atoms with Crippen LogP contribution in [0.25, 0.3) is 0 Å². The van der Waals surface area contributed by atoms with Gasteiger partial charge in [0.25, 0.3) is 5.95 Å². The normalized spacial score (nSPS) is 34.6. The molecule has 5 heteroatoms. The number of ether oxygens (including phenoxy) is 1. The highest BCUT2D eigenvalue weighted by molar-refractivity contribution is 5.33. The lowest BCUT2D eigenvalue weighted by Crippen LogP contribution is -2.52. The predicted molar refractivity (Wildman–Crippen MR) is 70.1 cm³/mol. The average Bonchev–Trinajstić information content (AvgIpc) is 2.96. The van der Waals surface area contributed by atoms with Gasteiger partial charge in [0, 0.05) is 26.1 Å². The summed E-state index contributed by atoms with van der Waals surface area (Å²) in [4.78, 5) is 6.74. The molecule has 2 aliphatic carbocycles. The molecule has 3 aliphatic rings. The Morgan fingerprint density at radius 2 is 1.89 bits per heavy atom. The number of methoxy groups -OCH3 is 1. The Hall–Kier alpha value is -1.10. The van der Waals surface area contributed by atoms with E-state index in [0.717, 1.165) is 36.8 Å². The van der Waals surface area contributed by atoms with Crippen molar-refractivity contribution < 1.29 is 9.26 Å². The Morgan fingerprint density at radius 1 is 1.16 bits per heavy atom. The van der Waals surface area contributed by atoms with Gasteiger partial charge in [0.2, 0.25) is 5.89 Å². The van der Waals surface area contributed by atoms with Crippen molar-refractivity contribution >= 4 is 5.95 Å². The van der Waals surface area contributed by atoms with Crippen LogP contribution in [0.15, 0.2) is 4.52 Å². The first-order valence-electron chi connectivity index (χ1n) is 7.43. The number of nitrogens with zero attached hydrogens (tertiary/aromatic N) is 3. The Bertz CT molecular complexity index is 443. The van der Waals surface area contributed by atoms with Crippen LogP contribution in [-0.4, -0.2) is 36.4 Å². The minimum Gasteiger partial charge on any atom is -0.378 e. The number of fused-ring (bicyclic) bond motifs is 2. The Labute approximate surface area is 113 Å². The van der Waals surface area contributed by atoms with E-state index in [2.05, 4.69) is 15.0 Å². The van der Waals surface area contributed by atoms with Crippen LogP contribution in [0.1, 0.15) is 43.9 Å². The molecule has 1 aromatic rings. The Balaban J connectivity index is 1.44. The molecule has 0 amide bonds. The van der Waals surface area contributed by atoms with Crippen LogP contribution < -0.4 is 4.90 Å². The monoisotopic (exact) mass is 263 g/mol.